The highest BCUT2D eigenvalue weighted by molar-refractivity contribution is 5.74. The Hall–Kier alpha value is -6.66. The van der Waals surface area contributed by atoms with Gasteiger partial charge >= 0.3 is 0 Å². The van der Waals surface area contributed by atoms with E-state index in [0.29, 0.717) is 78.2 Å². The second kappa shape index (κ2) is 22.9. The number of aryl methyl sites for hydroxylation is 1. The summed E-state index contributed by atoms with van der Waals surface area (Å²) in [6, 6.07) is 14.5. The number of anilines is 6. The van der Waals surface area contributed by atoms with Gasteiger partial charge in [0, 0.05) is 40.5 Å². The second-order valence-corrected chi connectivity index (χ2v) is 21.5. The predicted octanol–water partition coefficient (Wildman–Crippen LogP) is 11.8. The fourth-order valence-corrected chi connectivity index (χ4v) is 11.1. The average molecular weight is 1040 g/mol. The lowest BCUT2D eigenvalue weighted by Crippen LogP contribution is -2.38. The van der Waals surface area contributed by atoms with Gasteiger partial charge in [0.05, 0.1) is 36.9 Å². The summed E-state index contributed by atoms with van der Waals surface area (Å²) < 4.78 is 71.1. The fourth-order valence-electron chi connectivity index (χ4n) is 11.1. The Morgan fingerprint density at radius 3 is 1.47 bits per heavy atom. The third kappa shape index (κ3) is 11.7. The Labute approximate surface area is 443 Å². The molecule has 3 fully saturated rings. The normalized spacial score (nSPS) is 17.4. The highest BCUT2D eigenvalue weighted by Gasteiger charge is 2.33. The summed E-state index contributed by atoms with van der Waals surface area (Å²) in [6.07, 6.45) is 11.0. The molecule has 402 valence electrons. The summed E-state index contributed by atoms with van der Waals surface area (Å²) in [7, 11) is 4.34. The van der Waals surface area contributed by atoms with Gasteiger partial charge in [-0.1, -0.05) is 25.5 Å². The molecule has 18 heteroatoms. The van der Waals surface area contributed by atoms with E-state index in [1.807, 2.05) is 39.8 Å². The fraction of sp³-hybridized carbons (Fsp3) is 0.483. The number of likely N-dealkylation sites (tertiary alicyclic amines) is 2. The molecule has 1 aliphatic carbocycles. The smallest absolute Gasteiger partial charge is 0.229 e. The molecule has 4 aliphatic heterocycles. The number of aromatic nitrogens is 6. The third-order valence-corrected chi connectivity index (χ3v) is 15.3. The van der Waals surface area contributed by atoms with Crippen LogP contribution >= 0.6 is 0 Å². The van der Waals surface area contributed by atoms with Gasteiger partial charge in [-0.2, -0.15) is 0 Å². The summed E-state index contributed by atoms with van der Waals surface area (Å²) in [5.74, 6) is 1.30. The van der Waals surface area contributed by atoms with Gasteiger partial charge in [0.2, 0.25) is 11.9 Å². The summed E-state index contributed by atoms with van der Waals surface area (Å²) in [6.45, 7) is 16.7. The number of nitrogens with one attached hydrogen (secondary N) is 2. The molecule has 4 aromatic heterocycles. The Balaban J connectivity index is 0.000000173. The number of ether oxygens (including phenoxy) is 2. The molecule has 1 saturated carbocycles. The van der Waals surface area contributed by atoms with Gasteiger partial charge in [-0.05, 0) is 172 Å². The predicted molar refractivity (Wildman–Crippen MR) is 291 cm³/mol. The Kier molecular flexibility index (Phi) is 15.9. The van der Waals surface area contributed by atoms with Crippen molar-refractivity contribution in [3.63, 3.8) is 0 Å². The molecule has 0 radical (unpaired) electrons. The molecule has 8 heterocycles. The second-order valence-electron chi connectivity index (χ2n) is 21.5. The number of pyridine rings is 2. The minimum atomic E-state index is -0.625. The summed E-state index contributed by atoms with van der Waals surface area (Å²) >= 11 is 0. The molecule has 76 heavy (non-hydrogen) atoms. The van der Waals surface area contributed by atoms with Crippen molar-refractivity contribution in [3.05, 3.63) is 107 Å². The summed E-state index contributed by atoms with van der Waals surface area (Å²) in [5.41, 5.74) is 6.85. The Bertz CT molecular complexity index is 3030. The highest BCUT2D eigenvalue weighted by Crippen LogP contribution is 2.45. The van der Waals surface area contributed by atoms with Crippen molar-refractivity contribution in [1.82, 2.24) is 39.7 Å². The lowest BCUT2D eigenvalue weighted by molar-refractivity contribution is 0.254. The number of hydrogen-bond donors (Lipinski definition) is 2. The Morgan fingerprint density at radius 2 is 1.01 bits per heavy atom. The van der Waals surface area contributed by atoms with Gasteiger partial charge in [-0.25, -0.2) is 47.5 Å². The van der Waals surface area contributed by atoms with Crippen molar-refractivity contribution >= 4 is 34.9 Å². The zero-order chi connectivity index (χ0) is 53.2. The van der Waals surface area contributed by atoms with Crippen LogP contribution in [0.1, 0.15) is 120 Å². The van der Waals surface area contributed by atoms with Gasteiger partial charge in [0.15, 0.2) is 34.8 Å². The van der Waals surface area contributed by atoms with Gasteiger partial charge in [0.25, 0.3) is 0 Å². The maximum atomic E-state index is 15.0. The van der Waals surface area contributed by atoms with Crippen molar-refractivity contribution in [1.29, 1.82) is 0 Å². The summed E-state index contributed by atoms with van der Waals surface area (Å²) in [4.78, 5) is 35.9. The number of hydrogen-bond acceptors (Lipinski definition) is 14. The van der Waals surface area contributed by atoms with Crippen LogP contribution in [0.25, 0.3) is 22.5 Å². The van der Waals surface area contributed by atoms with Crippen LogP contribution in [0.5, 0.6) is 11.5 Å². The van der Waals surface area contributed by atoms with Gasteiger partial charge < -0.3 is 39.7 Å². The SMILES string of the molecule is CC(C)N1CCOc2c(F)cc(-c3nc(Nc4ccc(C5CCN(C)CC5)c(C5CC5)n4)ncc3F)cc21.CCCc1nc(Nc2ncc(F)c(-c3cc(F)c4c(c3)N(C(C)C)CCO4)n2)ccc1C1CCN(C)CC1. The first-order chi connectivity index (χ1) is 36.7. The standard InChI is InChI=1S/C29H34F2N6O.C29H36F2N6O/c1-17(2)37-12-13-38-28-22(30)14-20(15-24(28)37)27-23(31)16-32-29(35-27)34-25-7-6-21(26(33-25)19-4-5-19)18-8-10-36(3)11-9-18;1-5-6-24-21(19-9-11-36(4)12-10-19)7-8-26(33-24)34-29-32-17-23(31)27(35-29)20-15-22(30)28-25(16-20)37(18(2)3)13-14-38-28/h6-7,14-19H,4-5,8-13H2,1-3H3,(H,32,33,34,35);7-8,15-19H,5-6,9-14H2,1-4H3,(H,32,33,34,35). The first-order valence-electron chi connectivity index (χ1n) is 27.1. The maximum absolute atomic E-state index is 15.0. The lowest BCUT2D eigenvalue weighted by atomic mass is 9.87. The lowest BCUT2D eigenvalue weighted by Gasteiger charge is -2.34. The van der Waals surface area contributed by atoms with Crippen LogP contribution in [0.4, 0.5) is 52.5 Å². The van der Waals surface area contributed by atoms with Crippen molar-refractivity contribution in [2.24, 2.45) is 0 Å². The van der Waals surface area contributed by atoms with E-state index in [1.54, 1.807) is 12.1 Å². The van der Waals surface area contributed by atoms with Gasteiger partial charge in [-0.3, -0.25) is 0 Å². The number of piperidine rings is 2. The van der Waals surface area contributed by atoms with Crippen LogP contribution in [0, 0.1) is 23.3 Å². The van der Waals surface area contributed by atoms with Crippen molar-refractivity contribution in [2.45, 2.75) is 116 Å². The van der Waals surface area contributed by atoms with E-state index in [0.717, 1.165) is 101 Å². The minimum Gasteiger partial charge on any atom is -0.486 e. The van der Waals surface area contributed by atoms with E-state index in [-0.39, 0.29) is 46.9 Å². The van der Waals surface area contributed by atoms with Crippen LogP contribution in [-0.2, 0) is 6.42 Å². The molecule has 0 bridgehead atoms. The van der Waals surface area contributed by atoms with Gasteiger partial charge in [-0.15, -0.1) is 0 Å². The number of benzene rings is 2. The average Bonchev–Trinajstić information content (AvgIpc) is 4.28. The summed E-state index contributed by atoms with van der Waals surface area (Å²) in [5, 5.41) is 6.31. The van der Waals surface area contributed by atoms with E-state index in [9.17, 15) is 8.78 Å². The highest BCUT2D eigenvalue weighted by atomic mass is 19.1. The van der Waals surface area contributed by atoms with Crippen molar-refractivity contribution in [3.8, 4) is 34.0 Å². The van der Waals surface area contributed by atoms with Crippen LogP contribution in [0.3, 0.4) is 0 Å². The zero-order valence-electron chi connectivity index (χ0n) is 44.8. The van der Waals surface area contributed by atoms with Crippen LogP contribution in [0.15, 0.2) is 60.9 Å². The number of nitrogens with zero attached hydrogens (tertiary/aromatic N) is 10. The molecule has 0 atom stereocenters. The number of halogens is 4. The molecule has 6 aromatic rings. The molecule has 0 spiro atoms. The van der Waals surface area contributed by atoms with Crippen LogP contribution < -0.4 is 29.9 Å². The molecule has 11 rings (SSSR count). The molecule has 0 amide bonds. The molecule has 5 aliphatic rings. The molecule has 14 nitrogen and oxygen atoms in total. The van der Waals surface area contributed by atoms with Crippen molar-refractivity contribution < 1.29 is 27.0 Å². The van der Waals surface area contributed by atoms with Crippen molar-refractivity contribution in [2.75, 3.05) is 87.0 Å². The van der Waals surface area contributed by atoms with E-state index < -0.39 is 23.3 Å². The first kappa shape index (κ1) is 52.8. The zero-order valence-corrected chi connectivity index (χ0v) is 44.8. The van der Waals surface area contributed by atoms with E-state index >= 15 is 8.78 Å². The van der Waals surface area contributed by atoms with E-state index in [2.05, 4.69) is 83.3 Å². The van der Waals surface area contributed by atoms with Gasteiger partial charge in [0.1, 0.15) is 36.2 Å². The molecule has 0 unspecified atom stereocenters. The molecule has 2 saturated heterocycles. The Morgan fingerprint density at radius 1 is 0.553 bits per heavy atom. The van der Waals surface area contributed by atoms with E-state index in [1.165, 1.54) is 23.3 Å². The number of rotatable bonds is 13. The third-order valence-electron chi connectivity index (χ3n) is 15.3. The number of fused-ring (bicyclic) bond motifs is 2. The molecule has 2 N–H and O–H groups in total. The van der Waals surface area contributed by atoms with Crippen LogP contribution in [0.2, 0.25) is 0 Å². The van der Waals surface area contributed by atoms with Crippen LogP contribution in [-0.4, -0.2) is 118 Å². The molecule has 2 aromatic carbocycles. The molecular weight excluding hydrogens is 973 g/mol. The topological polar surface area (TPSA) is 133 Å². The van der Waals surface area contributed by atoms with E-state index in [4.69, 9.17) is 19.4 Å². The quantitative estimate of drug-likeness (QED) is 0.106. The minimum absolute atomic E-state index is 0.0233. The maximum Gasteiger partial charge on any atom is 0.229 e. The first-order valence-corrected chi connectivity index (χ1v) is 27.1. The largest absolute Gasteiger partial charge is 0.486 e. The monoisotopic (exact) mass is 1040 g/mol. The molecular formula is C58H70F4N12O2.